The van der Waals surface area contributed by atoms with Gasteiger partial charge in [0, 0.05) is 40.9 Å². The molecule has 0 saturated carbocycles. The second-order valence-corrected chi connectivity index (χ2v) is 7.02. The molecule has 132 valence electrons. The Bertz CT molecular complexity index is 1010. The minimum absolute atomic E-state index is 0.0510. The maximum absolute atomic E-state index is 12.7. The standard InChI is InChI=1S/C20H18ClN3O2/c1-12-6-7-14(8-17(12)21)23-19(25)13-10-24(11-13)20(26)16-9-22-18-5-3-2-4-15(16)18/h2-9,13,22H,10-11H2,1H3,(H,23,25). The van der Waals surface area contributed by atoms with Crippen LogP contribution in [-0.4, -0.2) is 34.8 Å². The van der Waals surface area contributed by atoms with Crippen molar-refractivity contribution < 1.29 is 9.59 Å². The van der Waals surface area contributed by atoms with Crippen molar-refractivity contribution in [2.45, 2.75) is 6.92 Å². The number of likely N-dealkylation sites (tertiary alicyclic amines) is 1. The molecule has 0 aliphatic carbocycles. The molecule has 1 aliphatic rings. The van der Waals surface area contributed by atoms with Crippen LogP contribution in [0.2, 0.25) is 5.02 Å². The van der Waals surface area contributed by atoms with Gasteiger partial charge in [-0.1, -0.05) is 35.9 Å². The lowest BCUT2D eigenvalue weighted by Crippen LogP contribution is -2.54. The number of nitrogens with zero attached hydrogens (tertiary/aromatic N) is 1. The maximum Gasteiger partial charge on any atom is 0.256 e. The molecule has 1 aliphatic heterocycles. The van der Waals surface area contributed by atoms with Gasteiger partial charge in [0.2, 0.25) is 5.91 Å². The predicted molar refractivity (Wildman–Crippen MR) is 103 cm³/mol. The minimum atomic E-state index is -0.204. The van der Waals surface area contributed by atoms with Crippen molar-refractivity contribution in [3.8, 4) is 0 Å². The van der Waals surface area contributed by atoms with Crippen molar-refractivity contribution in [2.24, 2.45) is 5.92 Å². The van der Waals surface area contributed by atoms with Crippen molar-refractivity contribution in [1.29, 1.82) is 0 Å². The number of rotatable bonds is 3. The van der Waals surface area contributed by atoms with Gasteiger partial charge in [-0.2, -0.15) is 0 Å². The van der Waals surface area contributed by atoms with Crippen molar-refractivity contribution in [3.63, 3.8) is 0 Å². The number of anilines is 1. The molecule has 0 spiro atoms. The third-order valence-electron chi connectivity index (χ3n) is 4.80. The van der Waals surface area contributed by atoms with Crippen LogP contribution >= 0.6 is 11.6 Å². The normalized spacial score (nSPS) is 14.3. The van der Waals surface area contributed by atoms with E-state index in [0.29, 0.717) is 29.4 Å². The third kappa shape index (κ3) is 2.95. The first kappa shape index (κ1) is 16.7. The molecule has 2 amide bonds. The first-order chi connectivity index (χ1) is 12.5. The van der Waals surface area contributed by atoms with E-state index in [0.717, 1.165) is 16.5 Å². The van der Waals surface area contributed by atoms with Crippen LogP contribution in [0.5, 0.6) is 0 Å². The van der Waals surface area contributed by atoms with Gasteiger partial charge >= 0.3 is 0 Å². The second kappa shape index (κ2) is 6.50. The number of hydrogen-bond acceptors (Lipinski definition) is 2. The Morgan fingerprint density at radius 2 is 1.96 bits per heavy atom. The van der Waals surface area contributed by atoms with Crippen LogP contribution in [-0.2, 0) is 4.79 Å². The fourth-order valence-electron chi connectivity index (χ4n) is 3.14. The van der Waals surface area contributed by atoms with E-state index < -0.39 is 0 Å². The highest BCUT2D eigenvalue weighted by Crippen LogP contribution is 2.25. The molecule has 0 unspecified atom stereocenters. The Kier molecular flexibility index (Phi) is 4.17. The lowest BCUT2D eigenvalue weighted by atomic mass is 9.97. The monoisotopic (exact) mass is 367 g/mol. The number of aromatic nitrogens is 1. The molecule has 6 heteroatoms. The van der Waals surface area contributed by atoms with Gasteiger partial charge in [0.15, 0.2) is 0 Å². The average molecular weight is 368 g/mol. The number of fused-ring (bicyclic) bond motifs is 1. The van der Waals surface area contributed by atoms with Gasteiger partial charge in [-0.05, 0) is 30.7 Å². The summed E-state index contributed by atoms with van der Waals surface area (Å²) in [6.45, 7) is 2.75. The van der Waals surface area contributed by atoms with E-state index in [1.807, 2.05) is 43.3 Å². The quantitative estimate of drug-likeness (QED) is 0.738. The first-order valence-electron chi connectivity index (χ1n) is 8.45. The summed E-state index contributed by atoms with van der Waals surface area (Å²) in [6, 6.07) is 13.1. The summed E-state index contributed by atoms with van der Waals surface area (Å²) in [5.41, 5.74) is 3.21. The van der Waals surface area contributed by atoms with Crippen LogP contribution < -0.4 is 5.32 Å². The maximum atomic E-state index is 12.7. The van der Waals surface area contributed by atoms with Crippen LogP contribution in [0.3, 0.4) is 0 Å². The summed E-state index contributed by atoms with van der Waals surface area (Å²) in [6.07, 6.45) is 1.73. The number of para-hydroxylation sites is 1. The zero-order valence-electron chi connectivity index (χ0n) is 14.3. The van der Waals surface area contributed by atoms with Gasteiger partial charge in [0.25, 0.3) is 5.91 Å². The fourth-order valence-corrected chi connectivity index (χ4v) is 3.32. The molecule has 4 rings (SSSR count). The number of H-pyrrole nitrogens is 1. The number of carbonyl (C=O) groups excluding carboxylic acids is 2. The molecule has 2 aromatic carbocycles. The molecule has 1 aromatic heterocycles. The second-order valence-electron chi connectivity index (χ2n) is 6.61. The van der Waals surface area contributed by atoms with Crippen molar-refractivity contribution >= 4 is 40.0 Å². The van der Waals surface area contributed by atoms with Crippen LogP contribution in [0.4, 0.5) is 5.69 Å². The average Bonchev–Trinajstić information content (AvgIpc) is 3.01. The van der Waals surface area contributed by atoms with E-state index in [4.69, 9.17) is 11.6 Å². The number of aryl methyl sites for hydroxylation is 1. The van der Waals surface area contributed by atoms with E-state index in [-0.39, 0.29) is 17.7 Å². The first-order valence-corrected chi connectivity index (χ1v) is 8.83. The Morgan fingerprint density at radius 3 is 2.73 bits per heavy atom. The van der Waals surface area contributed by atoms with Gasteiger partial charge in [-0.25, -0.2) is 0 Å². The van der Waals surface area contributed by atoms with Crippen LogP contribution in [0.25, 0.3) is 10.9 Å². The highest BCUT2D eigenvalue weighted by Gasteiger charge is 2.36. The molecular weight excluding hydrogens is 350 g/mol. The summed E-state index contributed by atoms with van der Waals surface area (Å²) >= 11 is 6.09. The van der Waals surface area contributed by atoms with E-state index in [1.165, 1.54) is 0 Å². The molecule has 2 heterocycles. The Labute approximate surface area is 155 Å². The summed E-state index contributed by atoms with van der Waals surface area (Å²) in [7, 11) is 0. The largest absolute Gasteiger partial charge is 0.360 e. The van der Waals surface area contributed by atoms with Crippen molar-refractivity contribution in [2.75, 3.05) is 18.4 Å². The van der Waals surface area contributed by atoms with E-state index in [1.54, 1.807) is 17.2 Å². The molecule has 1 fully saturated rings. The third-order valence-corrected chi connectivity index (χ3v) is 5.21. The SMILES string of the molecule is Cc1ccc(NC(=O)C2CN(C(=O)c3c[nH]c4ccccc34)C2)cc1Cl. The number of carbonyl (C=O) groups is 2. The molecule has 0 atom stereocenters. The predicted octanol–water partition coefficient (Wildman–Crippen LogP) is 3.84. The number of hydrogen-bond donors (Lipinski definition) is 2. The number of amides is 2. The van der Waals surface area contributed by atoms with Gasteiger partial charge in [0.1, 0.15) is 0 Å². The highest BCUT2D eigenvalue weighted by atomic mass is 35.5. The summed E-state index contributed by atoms with van der Waals surface area (Å²) in [4.78, 5) is 29.8. The number of nitrogens with one attached hydrogen (secondary N) is 2. The van der Waals surface area contributed by atoms with E-state index in [9.17, 15) is 9.59 Å². The lowest BCUT2D eigenvalue weighted by Gasteiger charge is -2.38. The van der Waals surface area contributed by atoms with Gasteiger partial charge in [0.05, 0.1) is 11.5 Å². The highest BCUT2D eigenvalue weighted by molar-refractivity contribution is 6.31. The topological polar surface area (TPSA) is 65.2 Å². The Hall–Kier alpha value is -2.79. The number of aromatic amines is 1. The number of halogens is 1. The molecule has 3 aromatic rings. The minimum Gasteiger partial charge on any atom is -0.360 e. The van der Waals surface area contributed by atoms with E-state index in [2.05, 4.69) is 10.3 Å². The summed E-state index contributed by atoms with van der Waals surface area (Å²) < 4.78 is 0. The summed E-state index contributed by atoms with van der Waals surface area (Å²) in [5, 5.41) is 4.39. The molecule has 5 nitrogen and oxygen atoms in total. The zero-order valence-corrected chi connectivity index (χ0v) is 15.0. The molecule has 26 heavy (non-hydrogen) atoms. The number of benzene rings is 2. The lowest BCUT2D eigenvalue weighted by molar-refractivity contribution is -0.123. The molecular formula is C20H18ClN3O2. The van der Waals surface area contributed by atoms with E-state index >= 15 is 0 Å². The fraction of sp³-hybridized carbons (Fsp3) is 0.200. The molecule has 0 radical (unpaired) electrons. The van der Waals surface area contributed by atoms with Crippen molar-refractivity contribution in [1.82, 2.24) is 9.88 Å². The van der Waals surface area contributed by atoms with Crippen LogP contribution in [0.1, 0.15) is 15.9 Å². The molecule has 2 N–H and O–H groups in total. The molecule has 0 bridgehead atoms. The van der Waals surface area contributed by atoms with Crippen LogP contribution in [0, 0.1) is 12.8 Å². The summed E-state index contributed by atoms with van der Waals surface area (Å²) in [5.74, 6) is -0.345. The molecule has 1 saturated heterocycles. The van der Waals surface area contributed by atoms with Gasteiger partial charge in [-0.3, -0.25) is 9.59 Å². The van der Waals surface area contributed by atoms with Crippen LogP contribution in [0.15, 0.2) is 48.7 Å². The smallest absolute Gasteiger partial charge is 0.256 e. The van der Waals surface area contributed by atoms with Gasteiger partial charge in [-0.15, -0.1) is 0 Å². The van der Waals surface area contributed by atoms with Crippen molar-refractivity contribution in [3.05, 3.63) is 64.8 Å². The Balaban J connectivity index is 1.39. The Morgan fingerprint density at radius 1 is 1.19 bits per heavy atom. The van der Waals surface area contributed by atoms with Gasteiger partial charge < -0.3 is 15.2 Å². The zero-order chi connectivity index (χ0) is 18.3.